The average Bonchev–Trinajstić information content (AvgIpc) is 2.43. The Hall–Kier alpha value is -1.78. The normalized spacial score (nSPS) is 14.0. The molecular formula is C17H22O4. The molecule has 2 rings (SSSR count). The number of aryl methyl sites for hydroxylation is 1. The minimum absolute atomic E-state index is 0.264. The third-order valence-corrected chi connectivity index (χ3v) is 3.10. The van der Waals surface area contributed by atoms with Crippen LogP contribution < -0.4 is 9.47 Å². The van der Waals surface area contributed by atoms with E-state index in [-0.39, 0.29) is 13.2 Å². The number of ether oxygens (including phenoxy) is 2. The molecule has 0 bridgehead atoms. The summed E-state index contributed by atoms with van der Waals surface area (Å²) in [6.45, 7) is 5.90. The predicted molar refractivity (Wildman–Crippen MR) is 83.0 cm³/mol. The Bertz CT molecular complexity index is 605. The van der Waals surface area contributed by atoms with E-state index >= 15 is 0 Å². The second kappa shape index (κ2) is 6.78. The molecule has 0 aliphatic rings. The van der Waals surface area contributed by atoms with Crippen molar-refractivity contribution >= 4 is 10.8 Å². The summed E-state index contributed by atoms with van der Waals surface area (Å²) in [6.07, 6.45) is -1.00. The average molecular weight is 290 g/mol. The Morgan fingerprint density at radius 1 is 0.952 bits per heavy atom. The number of aliphatic hydroxyl groups is 2. The molecule has 0 spiro atoms. The van der Waals surface area contributed by atoms with Gasteiger partial charge in [-0.2, -0.15) is 0 Å². The Labute approximate surface area is 124 Å². The summed E-state index contributed by atoms with van der Waals surface area (Å²) >= 11 is 0. The SMILES string of the molecule is Cc1ccc2cc(OCC(C)O)ccc2c1OCC(C)O. The van der Waals surface area contributed by atoms with Crippen molar-refractivity contribution in [2.75, 3.05) is 13.2 Å². The van der Waals surface area contributed by atoms with Crippen LogP contribution in [0.5, 0.6) is 11.5 Å². The molecule has 0 amide bonds. The highest BCUT2D eigenvalue weighted by atomic mass is 16.5. The van der Waals surface area contributed by atoms with Crippen molar-refractivity contribution in [3.8, 4) is 11.5 Å². The maximum absolute atomic E-state index is 9.37. The summed E-state index contributed by atoms with van der Waals surface area (Å²) in [5.41, 5.74) is 1.03. The summed E-state index contributed by atoms with van der Waals surface area (Å²) in [5.74, 6) is 1.50. The summed E-state index contributed by atoms with van der Waals surface area (Å²) in [5, 5.41) is 20.6. The van der Waals surface area contributed by atoms with Crippen LogP contribution in [0.4, 0.5) is 0 Å². The van der Waals surface area contributed by atoms with Gasteiger partial charge in [-0.3, -0.25) is 0 Å². The van der Waals surface area contributed by atoms with Crippen molar-refractivity contribution in [1.29, 1.82) is 0 Å². The van der Waals surface area contributed by atoms with Gasteiger partial charge in [0.05, 0.1) is 12.2 Å². The fourth-order valence-electron chi connectivity index (χ4n) is 2.09. The predicted octanol–water partition coefficient (Wildman–Crippen LogP) is 2.67. The summed E-state index contributed by atoms with van der Waals surface area (Å²) in [7, 11) is 0. The van der Waals surface area contributed by atoms with Crippen molar-refractivity contribution in [1.82, 2.24) is 0 Å². The molecule has 0 saturated carbocycles. The van der Waals surface area contributed by atoms with Gasteiger partial charge < -0.3 is 19.7 Å². The number of hydrogen-bond acceptors (Lipinski definition) is 4. The molecule has 0 radical (unpaired) electrons. The first-order valence-corrected chi connectivity index (χ1v) is 7.12. The van der Waals surface area contributed by atoms with E-state index in [1.165, 1.54) is 0 Å². The second-order valence-electron chi connectivity index (χ2n) is 5.41. The number of benzene rings is 2. The highest BCUT2D eigenvalue weighted by Crippen LogP contribution is 2.32. The van der Waals surface area contributed by atoms with E-state index in [2.05, 4.69) is 0 Å². The molecule has 21 heavy (non-hydrogen) atoms. The first kappa shape index (κ1) is 15.6. The number of hydrogen-bond donors (Lipinski definition) is 2. The van der Waals surface area contributed by atoms with Crippen molar-refractivity contribution in [2.24, 2.45) is 0 Å². The van der Waals surface area contributed by atoms with Crippen LogP contribution in [0, 0.1) is 6.92 Å². The highest BCUT2D eigenvalue weighted by molar-refractivity contribution is 5.90. The second-order valence-corrected chi connectivity index (χ2v) is 5.41. The third kappa shape index (κ3) is 4.09. The van der Waals surface area contributed by atoms with Crippen LogP contribution in [0.2, 0.25) is 0 Å². The van der Waals surface area contributed by atoms with Gasteiger partial charge in [0.25, 0.3) is 0 Å². The number of fused-ring (bicyclic) bond motifs is 1. The van der Waals surface area contributed by atoms with Crippen LogP contribution in [0.25, 0.3) is 10.8 Å². The van der Waals surface area contributed by atoms with E-state index < -0.39 is 12.2 Å². The quantitative estimate of drug-likeness (QED) is 0.858. The lowest BCUT2D eigenvalue weighted by atomic mass is 10.1. The van der Waals surface area contributed by atoms with Crippen LogP contribution in [0.3, 0.4) is 0 Å². The Morgan fingerprint density at radius 2 is 1.62 bits per heavy atom. The van der Waals surface area contributed by atoms with Gasteiger partial charge in [-0.1, -0.05) is 12.1 Å². The van der Waals surface area contributed by atoms with E-state index in [4.69, 9.17) is 9.47 Å². The van der Waals surface area contributed by atoms with Gasteiger partial charge in [-0.25, -0.2) is 0 Å². The topological polar surface area (TPSA) is 58.9 Å². The van der Waals surface area contributed by atoms with Gasteiger partial charge in [0.1, 0.15) is 24.7 Å². The van der Waals surface area contributed by atoms with Crippen molar-refractivity contribution in [3.63, 3.8) is 0 Å². The molecule has 0 fully saturated rings. The minimum atomic E-state index is -0.506. The monoisotopic (exact) mass is 290 g/mol. The standard InChI is InChI=1S/C17H22O4/c1-11-4-5-14-8-15(20-9-12(2)18)6-7-16(14)17(11)21-10-13(3)19/h4-8,12-13,18-19H,9-10H2,1-3H3. The van der Waals surface area contributed by atoms with Gasteiger partial charge in [-0.05, 0) is 49.9 Å². The molecule has 4 heteroatoms. The molecule has 2 N–H and O–H groups in total. The zero-order chi connectivity index (χ0) is 15.4. The molecule has 2 unspecified atom stereocenters. The largest absolute Gasteiger partial charge is 0.491 e. The molecule has 0 aliphatic heterocycles. The van der Waals surface area contributed by atoms with Gasteiger partial charge >= 0.3 is 0 Å². The fourth-order valence-corrected chi connectivity index (χ4v) is 2.09. The molecule has 2 aromatic rings. The van der Waals surface area contributed by atoms with Crippen LogP contribution >= 0.6 is 0 Å². The lowest BCUT2D eigenvalue weighted by Crippen LogP contribution is -2.13. The van der Waals surface area contributed by atoms with Crippen molar-refractivity contribution < 1.29 is 19.7 Å². The van der Waals surface area contributed by atoms with Crippen LogP contribution in [0.15, 0.2) is 30.3 Å². The van der Waals surface area contributed by atoms with E-state index in [0.717, 1.165) is 22.1 Å². The van der Waals surface area contributed by atoms with Crippen LogP contribution in [-0.4, -0.2) is 35.6 Å². The molecule has 0 aromatic heterocycles. The first-order valence-electron chi connectivity index (χ1n) is 7.12. The zero-order valence-electron chi connectivity index (χ0n) is 12.7. The Morgan fingerprint density at radius 3 is 2.29 bits per heavy atom. The number of rotatable bonds is 6. The van der Waals surface area contributed by atoms with Crippen LogP contribution in [0.1, 0.15) is 19.4 Å². The lowest BCUT2D eigenvalue weighted by Gasteiger charge is -2.15. The lowest BCUT2D eigenvalue weighted by molar-refractivity contribution is 0.122. The Kier molecular flexibility index (Phi) is 5.04. The summed E-state index contributed by atoms with van der Waals surface area (Å²) < 4.78 is 11.2. The van der Waals surface area contributed by atoms with Gasteiger partial charge in [0, 0.05) is 5.39 Å². The maximum Gasteiger partial charge on any atom is 0.130 e. The molecule has 0 saturated heterocycles. The van der Waals surface area contributed by atoms with E-state index in [1.54, 1.807) is 13.8 Å². The third-order valence-electron chi connectivity index (χ3n) is 3.10. The molecule has 0 aliphatic carbocycles. The zero-order valence-corrected chi connectivity index (χ0v) is 12.7. The van der Waals surface area contributed by atoms with Crippen LogP contribution in [-0.2, 0) is 0 Å². The molecule has 114 valence electrons. The summed E-state index contributed by atoms with van der Waals surface area (Å²) in [4.78, 5) is 0. The van der Waals surface area contributed by atoms with E-state index in [9.17, 15) is 10.2 Å². The van der Waals surface area contributed by atoms with E-state index in [0.29, 0.717) is 5.75 Å². The summed E-state index contributed by atoms with van der Waals surface area (Å²) in [6, 6.07) is 9.72. The van der Waals surface area contributed by atoms with Gasteiger partial charge in [0.2, 0.25) is 0 Å². The molecular weight excluding hydrogens is 268 g/mol. The smallest absolute Gasteiger partial charge is 0.130 e. The maximum atomic E-state index is 9.37. The fraction of sp³-hybridized carbons (Fsp3) is 0.412. The van der Waals surface area contributed by atoms with Crippen molar-refractivity contribution in [3.05, 3.63) is 35.9 Å². The Balaban J connectivity index is 2.30. The van der Waals surface area contributed by atoms with Crippen molar-refractivity contribution in [2.45, 2.75) is 33.0 Å². The van der Waals surface area contributed by atoms with Gasteiger partial charge in [-0.15, -0.1) is 0 Å². The van der Waals surface area contributed by atoms with E-state index in [1.807, 2.05) is 37.3 Å². The molecule has 2 aromatic carbocycles. The number of aliphatic hydroxyl groups excluding tert-OH is 2. The van der Waals surface area contributed by atoms with Gasteiger partial charge in [0.15, 0.2) is 0 Å². The first-order chi connectivity index (χ1) is 9.97. The molecule has 2 atom stereocenters. The minimum Gasteiger partial charge on any atom is -0.491 e. The molecule has 0 heterocycles. The molecule has 4 nitrogen and oxygen atoms in total. The highest BCUT2D eigenvalue weighted by Gasteiger charge is 2.09.